The van der Waals surface area contributed by atoms with Gasteiger partial charge in [-0.05, 0) is 42.2 Å². The minimum atomic E-state index is -1.05. The molecular weight excluding hydrogens is 377 g/mol. The Morgan fingerprint density at radius 1 is 1.07 bits per heavy atom. The predicted octanol–water partition coefficient (Wildman–Crippen LogP) is 3.59. The molecular formula is C22H22FNO5. The molecule has 6 nitrogen and oxygen atoms in total. The van der Waals surface area contributed by atoms with Crippen LogP contribution in [0.5, 0.6) is 5.75 Å². The Hall–Kier alpha value is -3.22. The van der Waals surface area contributed by atoms with Gasteiger partial charge in [0.2, 0.25) is 0 Å². The topological polar surface area (TPSA) is 72.9 Å². The first kappa shape index (κ1) is 20.5. The Balaban J connectivity index is 1.79. The van der Waals surface area contributed by atoms with Crippen molar-refractivity contribution in [1.29, 1.82) is 0 Å². The van der Waals surface area contributed by atoms with Gasteiger partial charge >= 0.3 is 5.97 Å². The fraction of sp³-hybridized carbons (Fsp3) is 0.318. The molecule has 0 aromatic heterocycles. The van der Waals surface area contributed by atoms with Gasteiger partial charge in [0.05, 0.1) is 18.2 Å². The van der Waals surface area contributed by atoms with Gasteiger partial charge in [0.15, 0.2) is 11.6 Å². The van der Waals surface area contributed by atoms with Crippen LogP contribution in [-0.2, 0) is 16.1 Å². The average Bonchev–Trinajstić information content (AvgIpc) is 2.95. The average molecular weight is 399 g/mol. The summed E-state index contributed by atoms with van der Waals surface area (Å²) in [5.41, 5.74) is 0.981. The van der Waals surface area contributed by atoms with Gasteiger partial charge < -0.3 is 9.47 Å². The third-order valence-corrected chi connectivity index (χ3v) is 4.70. The molecule has 0 unspecified atom stereocenters. The molecule has 0 spiro atoms. The van der Waals surface area contributed by atoms with E-state index in [0.29, 0.717) is 5.56 Å². The van der Waals surface area contributed by atoms with Crippen LogP contribution in [0.15, 0.2) is 42.5 Å². The maximum atomic E-state index is 13.8. The summed E-state index contributed by atoms with van der Waals surface area (Å²) in [5.74, 6) is -2.17. The van der Waals surface area contributed by atoms with Gasteiger partial charge in [-0.2, -0.15) is 0 Å². The number of benzene rings is 2. The van der Waals surface area contributed by atoms with Crippen LogP contribution < -0.4 is 4.74 Å². The molecule has 1 heterocycles. The quantitative estimate of drug-likeness (QED) is 0.526. The predicted molar refractivity (Wildman–Crippen MR) is 103 cm³/mol. The molecule has 0 radical (unpaired) electrons. The normalized spacial score (nSPS) is 14.2. The summed E-state index contributed by atoms with van der Waals surface area (Å²) >= 11 is 0. The Labute approximate surface area is 168 Å². The molecule has 0 saturated carbocycles. The summed E-state index contributed by atoms with van der Waals surface area (Å²) in [5, 5.41) is 0. The number of hydrogen-bond donors (Lipinski definition) is 0. The van der Waals surface area contributed by atoms with E-state index < -0.39 is 29.6 Å². The van der Waals surface area contributed by atoms with E-state index in [1.165, 1.54) is 19.2 Å². The molecule has 1 aliphatic heterocycles. The number of carbonyl (C=O) groups excluding carboxylic acids is 3. The summed E-state index contributed by atoms with van der Waals surface area (Å²) in [6.45, 7) is 3.59. The first-order chi connectivity index (χ1) is 13.8. The third-order valence-electron chi connectivity index (χ3n) is 4.70. The van der Waals surface area contributed by atoms with Gasteiger partial charge in [0.1, 0.15) is 12.6 Å². The molecule has 0 bridgehead atoms. The van der Waals surface area contributed by atoms with Crippen LogP contribution in [-0.4, -0.2) is 35.8 Å². The van der Waals surface area contributed by atoms with Crippen molar-refractivity contribution >= 4 is 17.8 Å². The molecule has 2 aromatic carbocycles. The van der Waals surface area contributed by atoms with Crippen LogP contribution in [0.1, 0.15) is 46.5 Å². The van der Waals surface area contributed by atoms with Crippen molar-refractivity contribution in [2.24, 2.45) is 5.92 Å². The van der Waals surface area contributed by atoms with Gasteiger partial charge in [0, 0.05) is 0 Å². The first-order valence-electron chi connectivity index (χ1n) is 9.29. The standard InChI is InChI=1S/C22H22FNO5/c1-13(2)10-18(24-20(25)15-6-4-5-7-16(15)21(24)26)22(27)29-12-14-8-9-19(28-3)17(23)11-14/h4-9,11,13,18H,10,12H2,1-3H3/t18-/m1/s1. The van der Waals surface area contributed by atoms with E-state index in [4.69, 9.17) is 9.47 Å². The van der Waals surface area contributed by atoms with Crippen molar-refractivity contribution in [3.8, 4) is 5.75 Å². The van der Waals surface area contributed by atoms with Gasteiger partial charge in [-0.25, -0.2) is 9.18 Å². The number of carbonyl (C=O) groups is 3. The lowest BCUT2D eigenvalue weighted by atomic mass is 10.0. The van der Waals surface area contributed by atoms with Crippen LogP contribution in [0.25, 0.3) is 0 Å². The maximum Gasteiger partial charge on any atom is 0.329 e. The number of nitrogens with zero attached hydrogens (tertiary/aromatic N) is 1. The van der Waals surface area contributed by atoms with Crippen molar-refractivity contribution in [3.63, 3.8) is 0 Å². The van der Waals surface area contributed by atoms with Crippen LogP contribution >= 0.6 is 0 Å². The van der Waals surface area contributed by atoms with E-state index in [0.717, 1.165) is 4.90 Å². The lowest BCUT2D eigenvalue weighted by Gasteiger charge is -2.26. The lowest BCUT2D eigenvalue weighted by molar-refractivity contribution is -0.150. The number of hydrogen-bond acceptors (Lipinski definition) is 5. The van der Waals surface area contributed by atoms with Crippen molar-refractivity contribution in [1.82, 2.24) is 4.90 Å². The van der Waals surface area contributed by atoms with E-state index in [1.54, 1.807) is 30.3 Å². The number of methoxy groups -OCH3 is 1. The molecule has 1 atom stereocenters. The Morgan fingerprint density at radius 2 is 1.69 bits per heavy atom. The highest BCUT2D eigenvalue weighted by Crippen LogP contribution is 2.28. The van der Waals surface area contributed by atoms with Gasteiger partial charge in [0.25, 0.3) is 11.8 Å². The Bertz CT molecular complexity index is 921. The van der Waals surface area contributed by atoms with Crippen LogP contribution in [0, 0.1) is 11.7 Å². The number of imide groups is 1. The summed E-state index contributed by atoms with van der Waals surface area (Å²) in [4.78, 5) is 39.3. The second-order valence-corrected chi connectivity index (χ2v) is 7.25. The summed E-state index contributed by atoms with van der Waals surface area (Å²) in [6, 6.07) is 9.64. The fourth-order valence-electron chi connectivity index (χ4n) is 3.29. The van der Waals surface area contributed by atoms with Crippen LogP contribution in [0.4, 0.5) is 4.39 Å². The van der Waals surface area contributed by atoms with Crippen LogP contribution in [0.3, 0.4) is 0 Å². The molecule has 0 fully saturated rings. The number of amides is 2. The molecule has 2 aromatic rings. The van der Waals surface area contributed by atoms with E-state index in [9.17, 15) is 18.8 Å². The molecule has 0 saturated heterocycles. The lowest BCUT2D eigenvalue weighted by Crippen LogP contribution is -2.46. The largest absolute Gasteiger partial charge is 0.494 e. The van der Waals surface area contributed by atoms with E-state index >= 15 is 0 Å². The van der Waals surface area contributed by atoms with Crippen molar-refractivity contribution in [2.75, 3.05) is 7.11 Å². The Morgan fingerprint density at radius 3 is 2.21 bits per heavy atom. The minimum absolute atomic E-state index is 0.0373. The summed E-state index contributed by atoms with van der Waals surface area (Å²) < 4.78 is 24.0. The molecule has 1 aliphatic rings. The minimum Gasteiger partial charge on any atom is -0.494 e. The highest BCUT2D eigenvalue weighted by atomic mass is 19.1. The SMILES string of the molecule is COc1ccc(COC(=O)[C@@H](CC(C)C)N2C(=O)c3ccccc3C2=O)cc1F. The number of esters is 1. The third kappa shape index (κ3) is 4.13. The first-order valence-corrected chi connectivity index (χ1v) is 9.29. The zero-order valence-corrected chi connectivity index (χ0v) is 16.5. The van der Waals surface area contributed by atoms with Crippen molar-refractivity contribution in [3.05, 3.63) is 65.0 Å². The highest BCUT2D eigenvalue weighted by molar-refractivity contribution is 6.22. The number of ether oxygens (including phenoxy) is 2. The smallest absolute Gasteiger partial charge is 0.329 e. The molecule has 2 amide bonds. The van der Waals surface area contributed by atoms with Gasteiger partial charge in [-0.1, -0.05) is 32.0 Å². The molecule has 152 valence electrons. The highest BCUT2D eigenvalue weighted by Gasteiger charge is 2.43. The van der Waals surface area contributed by atoms with E-state index in [1.807, 2.05) is 13.8 Å². The number of fused-ring (bicyclic) bond motifs is 1. The van der Waals surface area contributed by atoms with E-state index in [2.05, 4.69) is 0 Å². The van der Waals surface area contributed by atoms with Gasteiger partial charge in [-0.3, -0.25) is 14.5 Å². The molecule has 0 aliphatic carbocycles. The van der Waals surface area contributed by atoms with E-state index in [-0.39, 0.29) is 35.8 Å². The van der Waals surface area contributed by atoms with Crippen molar-refractivity contribution in [2.45, 2.75) is 32.9 Å². The zero-order valence-electron chi connectivity index (χ0n) is 16.5. The molecule has 0 N–H and O–H groups in total. The zero-order chi connectivity index (χ0) is 21.1. The van der Waals surface area contributed by atoms with Crippen LogP contribution in [0.2, 0.25) is 0 Å². The van der Waals surface area contributed by atoms with Gasteiger partial charge in [-0.15, -0.1) is 0 Å². The number of rotatable bonds is 7. The second-order valence-electron chi connectivity index (χ2n) is 7.25. The number of halogens is 1. The molecule has 7 heteroatoms. The van der Waals surface area contributed by atoms with Crippen molar-refractivity contribution < 1.29 is 28.2 Å². The summed E-state index contributed by atoms with van der Waals surface area (Å²) in [7, 11) is 1.36. The maximum absolute atomic E-state index is 13.8. The molecule has 3 rings (SSSR count). The Kier molecular flexibility index (Phi) is 5.96. The monoisotopic (exact) mass is 399 g/mol. The summed E-state index contributed by atoms with van der Waals surface area (Å²) in [6.07, 6.45) is 0.265. The fourth-order valence-corrected chi connectivity index (χ4v) is 3.29. The second kappa shape index (κ2) is 8.43. The molecule has 29 heavy (non-hydrogen) atoms.